The zero-order chi connectivity index (χ0) is 9.97. The fourth-order valence-corrected chi connectivity index (χ4v) is 1.84. The Hall–Kier alpha value is -0.930. The molecule has 1 unspecified atom stereocenters. The fourth-order valence-electron chi connectivity index (χ4n) is 1.84. The summed E-state index contributed by atoms with van der Waals surface area (Å²) in [6.45, 7) is 2.03. The van der Waals surface area contributed by atoms with Crippen LogP contribution in [0.15, 0.2) is 18.3 Å². The molecule has 3 nitrogen and oxygen atoms in total. The minimum absolute atomic E-state index is 0.274. The predicted molar refractivity (Wildman–Crippen MR) is 56.4 cm³/mol. The van der Waals surface area contributed by atoms with Crippen LogP contribution in [-0.4, -0.2) is 4.98 Å². The Kier molecular flexibility index (Phi) is 2.79. The number of nitrogens with one attached hydrogen (secondary N) is 1. The van der Waals surface area contributed by atoms with Crippen molar-refractivity contribution in [1.82, 2.24) is 10.4 Å². The first-order chi connectivity index (χ1) is 6.81. The van der Waals surface area contributed by atoms with Crippen molar-refractivity contribution >= 4 is 0 Å². The summed E-state index contributed by atoms with van der Waals surface area (Å²) in [5, 5.41) is 0. The van der Waals surface area contributed by atoms with Crippen molar-refractivity contribution in [3.8, 4) is 0 Å². The van der Waals surface area contributed by atoms with Crippen molar-refractivity contribution in [2.24, 2.45) is 11.8 Å². The molecule has 1 aliphatic carbocycles. The highest BCUT2D eigenvalue weighted by Crippen LogP contribution is 2.37. The van der Waals surface area contributed by atoms with Crippen molar-refractivity contribution in [2.75, 3.05) is 0 Å². The number of aryl methyl sites for hydroxylation is 1. The van der Waals surface area contributed by atoms with Crippen LogP contribution in [0.3, 0.4) is 0 Å². The summed E-state index contributed by atoms with van der Waals surface area (Å²) in [7, 11) is 0. The Bertz CT molecular complexity index is 307. The van der Waals surface area contributed by atoms with E-state index in [0.29, 0.717) is 0 Å². The van der Waals surface area contributed by atoms with Crippen LogP contribution in [0.4, 0.5) is 0 Å². The molecule has 1 aliphatic rings. The van der Waals surface area contributed by atoms with Gasteiger partial charge in [-0.1, -0.05) is 18.9 Å². The molecule has 1 aromatic heterocycles. The average Bonchev–Trinajstić information content (AvgIpc) is 2.99. The van der Waals surface area contributed by atoms with Crippen molar-refractivity contribution in [3.63, 3.8) is 0 Å². The molecule has 3 N–H and O–H groups in total. The van der Waals surface area contributed by atoms with Gasteiger partial charge in [0.25, 0.3) is 0 Å². The maximum Gasteiger partial charge on any atom is 0.0480 e. The summed E-state index contributed by atoms with van der Waals surface area (Å²) < 4.78 is 0. The SMILES string of the molecule is Cc1ncccc1C(CC1CC1)NN. The van der Waals surface area contributed by atoms with E-state index >= 15 is 0 Å². The summed E-state index contributed by atoms with van der Waals surface area (Å²) in [4.78, 5) is 4.28. The van der Waals surface area contributed by atoms with Crippen LogP contribution >= 0.6 is 0 Å². The smallest absolute Gasteiger partial charge is 0.0480 e. The maximum absolute atomic E-state index is 5.57. The van der Waals surface area contributed by atoms with Gasteiger partial charge >= 0.3 is 0 Å². The molecule has 14 heavy (non-hydrogen) atoms. The molecule has 1 aromatic rings. The molecule has 1 heterocycles. The lowest BCUT2D eigenvalue weighted by Gasteiger charge is -2.17. The van der Waals surface area contributed by atoms with Gasteiger partial charge in [-0.05, 0) is 30.9 Å². The normalized spacial score (nSPS) is 18.1. The Labute approximate surface area is 84.7 Å². The molecule has 3 heteroatoms. The van der Waals surface area contributed by atoms with Crippen LogP contribution in [0.5, 0.6) is 0 Å². The second kappa shape index (κ2) is 4.07. The van der Waals surface area contributed by atoms with E-state index in [-0.39, 0.29) is 6.04 Å². The second-order valence-electron chi connectivity index (χ2n) is 4.08. The number of aromatic nitrogens is 1. The molecule has 0 spiro atoms. The standard InChI is InChI=1S/C11H17N3/c1-8-10(3-2-6-13-8)11(14-12)7-9-4-5-9/h2-3,6,9,11,14H,4-5,7,12H2,1H3. The third-order valence-corrected chi connectivity index (χ3v) is 2.89. The molecule has 0 bridgehead atoms. The molecule has 0 aromatic carbocycles. The van der Waals surface area contributed by atoms with E-state index < -0.39 is 0 Å². The van der Waals surface area contributed by atoms with Gasteiger partial charge < -0.3 is 0 Å². The summed E-state index contributed by atoms with van der Waals surface area (Å²) in [6, 6.07) is 4.35. The second-order valence-corrected chi connectivity index (χ2v) is 4.08. The molecular formula is C11H17N3. The van der Waals surface area contributed by atoms with Gasteiger partial charge in [-0.3, -0.25) is 16.3 Å². The third-order valence-electron chi connectivity index (χ3n) is 2.89. The van der Waals surface area contributed by atoms with E-state index in [2.05, 4.69) is 16.5 Å². The van der Waals surface area contributed by atoms with Gasteiger partial charge in [0.1, 0.15) is 0 Å². The minimum atomic E-state index is 0.274. The number of pyridine rings is 1. The Balaban J connectivity index is 2.12. The molecule has 1 fully saturated rings. The minimum Gasteiger partial charge on any atom is -0.271 e. The number of hydrazine groups is 1. The van der Waals surface area contributed by atoms with Crippen molar-refractivity contribution < 1.29 is 0 Å². The highest BCUT2D eigenvalue weighted by Gasteiger charge is 2.26. The van der Waals surface area contributed by atoms with Gasteiger partial charge in [-0.25, -0.2) is 0 Å². The first-order valence-electron chi connectivity index (χ1n) is 5.19. The van der Waals surface area contributed by atoms with Gasteiger partial charge in [-0.2, -0.15) is 0 Å². The number of hydrogen-bond donors (Lipinski definition) is 2. The number of nitrogens with two attached hydrogens (primary N) is 1. The van der Waals surface area contributed by atoms with Crippen molar-refractivity contribution in [1.29, 1.82) is 0 Å². The van der Waals surface area contributed by atoms with Crippen LogP contribution in [0.2, 0.25) is 0 Å². The molecule has 0 aliphatic heterocycles. The average molecular weight is 191 g/mol. The first-order valence-corrected chi connectivity index (χ1v) is 5.19. The van der Waals surface area contributed by atoms with Crippen molar-refractivity contribution in [2.45, 2.75) is 32.2 Å². The van der Waals surface area contributed by atoms with Crippen LogP contribution in [0.1, 0.15) is 36.6 Å². The largest absolute Gasteiger partial charge is 0.271 e. The van der Waals surface area contributed by atoms with Crippen LogP contribution in [-0.2, 0) is 0 Å². The van der Waals surface area contributed by atoms with Gasteiger partial charge in [0.15, 0.2) is 0 Å². The number of nitrogens with zero attached hydrogens (tertiary/aromatic N) is 1. The van der Waals surface area contributed by atoms with E-state index in [1.54, 1.807) is 0 Å². The fraction of sp³-hybridized carbons (Fsp3) is 0.545. The number of hydrogen-bond acceptors (Lipinski definition) is 3. The predicted octanol–water partition coefficient (Wildman–Crippen LogP) is 1.69. The molecule has 0 amide bonds. The third kappa shape index (κ3) is 2.11. The van der Waals surface area contributed by atoms with E-state index in [4.69, 9.17) is 5.84 Å². The lowest BCUT2D eigenvalue weighted by atomic mass is 10.0. The first kappa shape index (κ1) is 9.62. The van der Waals surface area contributed by atoms with E-state index in [9.17, 15) is 0 Å². The summed E-state index contributed by atoms with van der Waals surface area (Å²) in [5.74, 6) is 6.44. The molecular weight excluding hydrogens is 174 g/mol. The molecule has 1 saturated carbocycles. The summed E-state index contributed by atoms with van der Waals surface area (Å²) in [5.41, 5.74) is 5.21. The quantitative estimate of drug-likeness (QED) is 0.562. The van der Waals surface area contributed by atoms with Gasteiger partial charge in [0.2, 0.25) is 0 Å². The monoisotopic (exact) mass is 191 g/mol. The van der Waals surface area contributed by atoms with Gasteiger partial charge in [0.05, 0.1) is 0 Å². The lowest BCUT2D eigenvalue weighted by molar-refractivity contribution is 0.483. The Morgan fingerprint density at radius 1 is 1.64 bits per heavy atom. The van der Waals surface area contributed by atoms with E-state index in [1.165, 1.54) is 18.4 Å². The van der Waals surface area contributed by atoms with Crippen molar-refractivity contribution in [3.05, 3.63) is 29.6 Å². The molecule has 2 rings (SSSR count). The molecule has 0 radical (unpaired) electrons. The Morgan fingerprint density at radius 3 is 3.00 bits per heavy atom. The summed E-state index contributed by atoms with van der Waals surface area (Å²) >= 11 is 0. The highest BCUT2D eigenvalue weighted by atomic mass is 15.2. The van der Waals surface area contributed by atoms with E-state index in [0.717, 1.165) is 18.0 Å². The molecule has 76 valence electrons. The van der Waals surface area contributed by atoms with Crippen LogP contribution in [0.25, 0.3) is 0 Å². The molecule has 0 saturated heterocycles. The van der Waals surface area contributed by atoms with Gasteiger partial charge in [-0.15, -0.1) is 0 Å². The van der Waals surface area contributed by atoms with Gasteiger partial charge in [0, 0.05) is 17.9 Å². The van der Waals surface area contributed by atoms with E-state index in [1.807, 2.05) is 19.2 Å². The topological polar surface area (TPSA) is 50.9 Å². The Morgan fingerprint density at radius 2 is 2.43 bits per heavy atom. The lowest BCUT2D eigenvalue weighted by Crippen LogP contribution is -2.29. The van der Waals surface area contributed by atoms with Crippen LogP contribution in [0, 0.1) is 12.8 Å². The zero-order valence-electron chi connectivity index (χ0n) is 8.53. The number of rotatable bonds is 4. The zero-order valence-corrected chi connectivity index (χ0v) is 8.53. The summed E-state index contributed by atoms with van der Waals surface area (Å²) in [6.07, 6.45) is 5.68. The maximum atomic E-state index is 5.57. The highest BCUT2D eigenvalue weighted by molar-refractivity contribution is 5.22. The van der Waals surface area contributed by atoms with Crippen LogP contribution < -0.4 is 11.3 Å². The molecule has 1 atom stereocenters.